The number of hydrogen-bond donors (Lipinski definition) is 2. The predicted molar refractivity (Wildman–Crippen MR) is 149 cm³/mol. The van der Waals surface area contributed by atoms with Gasteiger partial charge < -0.3 is 19.4 Å². The van der Waals surface area contributed by atoms with Crippen LogP contribution in [0.4, 0.5) is 0 Å². The zero-order valence-electron chi connectivity index (χ0n) is 23.5. The standard InChI is InChI=1S/C30H46O5Si/c1-21(26(31)22(2)27(32)23(3)28(33)35-29(4,5)6)20-34-36(30(7,8)9,24-16-12-10-13-17-24)25-18-14-11-15-19-25/h10-19,21-23,26-27,31-32H,20H2,1-9H3/t21-,22-,23-,26-,27-/m1/s1. The fourth-order valence-electron chi connectivity index (χ4n) is 4.83. The maximum absolute atomic E-state index is 12.5. The molecule has 0 spiro atoms. The molecular formula is C30H46O5Si. The molecule has 5 nitrogen and oxygen atoms in total. The topological polar surface area (TPSA) is 76.0 Å². The van der Waals surface area contributed by atoms with Gasteiger partial charge in [-0.05, 0) is 43.1 Å². The number of aliphatic hydroxyl groups is 2. The number of ether oxygens (including phenoxy) is 1. The summed E-state index contributed by atoms with van der Waals surface area (Å²) in [5.74, 6) is -2.02. The molecule has 200 valence electrons. The predicted octanol–water partition coefficient (Wildman–Crippen LogP) is 4.53. The molecule has 2 aromatic rings. The quantitative estimate of drug-likeness (QED) is 0.360. The molecule has 36 heavy (non-hydrogen) atoms. The van der Waals surface area contributed by atoms with E-state index < -0.39 is 43.9 Å². The van der Waals surface area contributed by atoms with Crippen LogP contribution in [0.3, 0.4) is 0 Å². The first-order valence-electron chi connectivity index (χ1n) is 13.0. The fourth-order valence-corrected chi connectivity index (χ4v) is 9.49. The van der Waals surface area contributed by atoms with Crippen molar-refractivity contribution in [2.45, 2.75) is 85.2 Å². The Morgan fingerprint density at radius 2 is 1.25 bits per heavy atom. The molecular weight excluding hydrogens is 468 g/mol. The molecule has 0 heterocycles. The van der Waals surface area contributed by atoms with Crippen molar-refractivity contribution in [2.24, 2.45) is 17.8 Å². The minimum atomic E-state index is -2.73. The molecule has 6 heteroatoms. The van der Waals surface area contributed by atoms with E-state index in [2.05, 4.69) is 45.0 Å². The highest BCUT2D eigenvalue weighted by atomic mass is 28.4. The van der Waals surface area contributed by atoms with Gasteiger partial charge in [0.15, 0.2) is 0 Å². The van der Waals surface area contributed by atoms with Crippen molar-refractivity contribution in [3.05, 3.63) is 60.7 Å². The second-order valence-electron chi connectivity index (χ2n) is 12.1. The number of benzene rings is 2. The van der Waals surface area contributed by atoms with Crippen LogP contribution in [0.5, 0.6) is 0 Å². The number of carbonyl (C=O) groups excluding carboxylic acids is 1. The SMILES string of the molecule is C[C@@H]([C@@H](O)[C@@H](C)C(=O)OC(C)(C)C)[C@H](O)[C@H](C)CO[Si](c1ccccc1)(c1ccccc1)C(C)(C)C. The number of rotatable bonds is 10. The van der Waals surface area contributed by atoms with E-state index in [9.17, 15) is 15.0 Å². The summed E-state index contributed by atoms with van der Waals surface area (Å²) < 4.78 is 12.4. The molecule has 0 aliphatic carbocycles. The number of hydrogen-bond acceptors (Lipinski definition) is 5. The average molecular weight is 515 g/mol. The van der Waals surface area contributed by atoms with Crippen LogP contribution < -0.4 is 10.4 Å². The molecule has 2 aromatic carbocycles. The van der Waals surface area contributed by atoms with Gasteiger partial charge in [0.2, 0.25) is 0 Å². The molecule has 0 unspecified atom stereocenters. The van der Waals surface area contributed by atoms with Crippen molar-refractivity contribution in [1.82, 2.24) is 0 Å². The molecule has 0 bridgehead atoms. The van der Waals surface area contributed by atoms with Gasteiger partial charge in [0, 0.05) is 18.4 Å². The van der Waals surface area contributed by atoms with Gasteiger partial charge in [-0.2, -0.15) is 0 Å². The van der Waals surface area contributed by atoms with Gasteiger partial charge >= 0.3 is 5.97 Å². The van der Waals surface area contributed by atoms with E-state index in [0.717, 1.165) is 0 Å². The first kappa shape index (κ1) is 30.2. The van der Waals surface area contributed by atoms with Crippen LogP contribution in [0.25, 0.3) is 0 Å². The minimum Gasteiger partial charge on any atom is -0.460 e. The van der Waals surface area contributed by atoms with E-state index >= 15 is 0 Å². The van der Waals surface area contributed by atoms with E-state index in [1.165, 1.54) is 10.4 Å². The normalized spacial score (nSPS) is 17.1. The third-order valence-electron chi connectivity index (χ3n) is 6.93. The van der Waals surface area contributed by atoms with Crippen LogP contribution in [0.15, 0.2) is 60.7 Å². The van der Waals surface area contributed by atoms with E-state index in [-0.39, 0.29) is 11.0 Å². The van der Waals surface area contributed by atoms with Gasteiger partial charge in [0.25, 0.3) is 8.32 Å². The Morgan fingerprint density at radius 3 is 1.64 bits per heavy atom. The fraction of sp³-hybridized carbons (Fsp3) is 0.567. The lowest BCUT2D eigenvalue weighted by molar-refractivity contribution is -0.165. The van der Waals surface area contributed by atoms with Gasteiger partial charge in [0.1, 0.15) is 5.60 Å². The van der Waals surface area contributed by atoms with Crippen molar-refractivity contribution in [1.29, 1.82) is 0 Å². The second kappa shape index (κ2) is 12.0. The first-order valence-corrected chi connectivity index (χ1v) is 14.9. The minimum absolute atomic E-state index is 0.170. The number of esters is 1. The molecule has 0 aliphatic heterocycles. The van der Waals surface area contributed by atoms with Gasteiger partial charge in [-0.15, -0.1) is 0 Å². The lowest BCUT2D eigenvalue weighted by Gasteiger charge is -2.44. The van der Waals surface area contributed by atoms with Crippen molar-refractivity contribution in [2.75, 3.05) is 6.61 Å². The van der Waals surface area contributed by atoms with Crippen molar-refractivity contribution >= 4 is 24.7 Å². The number of aliphatic hydroxyl groups excluding tert-OH is 2. The lowest BCUT2D eigenvalue weighted by Crippen LogP contribution is -2.67. The average Bonchev–Trinajstić information content (AvgIpc) is 2.81. The highest BCUT2D eigenvalue weighted by Gasteiger charge is 2.50. The van der Waals surface area contributed by atoms with Gasteiger partial charge in [-0.1, -0.05) is 95.3 Å². The Kier molecular flexibility index (Phi) is 10.1. The third kappa shape index (κ3) is 7.06. The van der Waals surface area contributed by atoms with E-state index in [0.29, 0.717) is 6.61 Å². The molecule has 0 aromatic heterocycles. The molecule has 0 radical (unpaired) electrons. The summed E-state index contributed by atoms with van der Waals surface area (Å²) in [7, 11) is -2.73. The summed E-state index contributed by atoms with van der Waals surface area (Å²) in [6.45, 7) is 17.7. The van der Waals surface area contributed by atoms with Crippen LogP contribution in [-0.2, 0) is 14.0 Å². The van der Waals surface area contributed by atoms with Crippen LogP contribution in [0.2, 0.25) is 5.04 Å². The summed E-state index contributed by atoms with van der Waals surface area (Å²) >= 11 is 0. The van der Waals surface area contributed by atoms with Crippen LogP contribution in [-0.4, -0.2) is 48.9 Å². The van der Waals surface area contributed by atoms with E-state index in [1.54, 1.807) is 34.6 Å². The lowest BCUT2D eigenvalue weighted by atomic mass is 9.84. The Labute approximate surface area is 219 Å². The molecule has 2 rings (SSSR count). The Bertz CT molecular complexity index is 909. The molecule has 0 amide bonds. The van der Waals surface area contributed by atoms with Gasteiger partial charge in [0.05, 0.1) is 18.1 Å². The zero-order chi connectivity index (χ0) is 27.3. The summed E-state index contributed by atoms with van der Waals surface area (Å²) in [6.07, 6.45) is -1.90. The van der Waals surface area contributed by atoms with E-state index in [1.807, 2.05) is 43.3 Å². The van der Waals surface area contributed by atoms with Crippen LogP contribution in [0.1, 0.15) is 62.3 Å². The maximum atomic E-state index is 12.5. The summed E-state index contributed by atoms with van der Waals surface area (Å²) in [5.41, 5.74) is -0.635. The van der Waals surface area contributed by atoms with Crippen molar-refractivity contribution < 1.29 is 24.2 Å². The molecule has 2 N–H and O–H groups in total. The summed E-state index contributed by atoms with van der Waals surface area (Å²) in [5, 5.41) is 24.3. The van der Waals surface area contributed by atoms with Crippen LogP contribution >= 0.6 is 0 Å². The Balaban J connectivity index is 2.28. The maximum Gasteiger partial charge on any atom is 0.311 e. The van der Waals surface area contributed by atoms with E-state index in [4.69, 9.17) is 9.16 Å². The zero-order valence-corrected chi connectivity index (χ0v) is 24.5. The molecule has 0 saturated carbocycles. The Morgan fingerprint density at radius 1 is 0.806 bits per heavy atom. The van der Waals surface area contributed by atoms with Crippen molar-refractivity contribution in [3.8, 4) is 0 Å². The highest BCUT2D eigenvalue weighted by molar-refractivity contribution is 6.99. The smallest absolute Gasteiger partial charge is 0.311 e. The Hall–Kier alpha value is -1.99. The first-order chi connectivity index (χ1) is 16.6. The third-order valence-corrected chi connectivity index (χ3v) is 11.9. The molecule has 0 aliphatic rings. The van der Waals surface area contributed by atoms with Gasteiger partial charge in [-0.25, -0.2) is 0 Å². The molecule has 0 fully saturated rings. The molecule has 0 saturated heterocycles. The van der Waals surface area contributed by atoms with Gasteiger partial charge in [-0.3, -0.25) is 4.79 Å². The van der Waals surface area contributed by atoms with Crippen LogP contribution in [0, 0.1) is 17.8 Å². The monoisotopic (exact) mass is 514 g/mol. The summed E-state index contributed by atoms with van der Waals surface area (Å²) in [4.78, 5) is 12.5. The largest absolute Gasteiger partial charge is 0.460 e. The number of carbonyl (C=O) groups is 1. The second-order valence-corrected chi connectivity index (χ2v) is 16.4. The van der Waals surface area contributed by atoms with Crippen molar-refractivity contribution in [3.63, 3.8) is 0 Å². The molecule has 5 atom stereocenters. The summed E-state index contributed by atoms with van der Waals surface area (Å²) in [6, 6.07) is 20.8. The highest BCUT2D eigenvalue weighted by Crippen LogP contribution is 2.37.